The first-order valence-electron chi connectivity index (χ1n) is 5.72. The molecule has 1 aromatic carbocycles. The number of aliphatic hydroxyl groups excluding tert-OH is 1. The highest BCUT2D eigenvalue weighted by Crippen LogP contribution is 2.25. The number of fused-ring (bicyclic) bond motifs is 1. The molecule has 16 heavy (non-hydrogen) atoms. The Morgan fingerprint density at radius 2 is 1.81 bits per heavy atom. The van der Waals surface area contributed by atoms with Crippen molar-refractivity contribution in [1.29, 1.82) is 0 Å². The van der Waals surface area contributed by atoms with E-state index in [9.17, 15) is 5.11 Å². The molecule has 0 radical (unpaired) electrons. The van der Waals surface area contributed by atoms with E-state index >= 15 is 0 Å². The maximum atomic E-state index is 9.67. The number of nitrogens with zero attached hydrogens (tertiary/aromatic N) is 1. The molecule has 2 rings (SSSR count). The Morgan fingerprint density at radius 1 is 1.19 bits per heavy atom. The summed E-state index contributed by atoms with van der Waals surface area (Å²) in [6.45, 7) is 7.76. The van der Waals surface area contributed by atoms with Crippen molar-refractivity contribution in [2.45, 2.75) is 33.8 Å². The van der Waals surface area contributed by atoms with Crippen molar-refractivity contribution < 1.29 is 5.11 Å². The van der Waals surface area contributed by atoms with Crippen molar-refractivity contribution in [2.24, 2.45) is 0 Å². The number of aliphatic hydroxyl groups is 1. The van der Waals surface area contributed by atoms with Gasteiger partial charge in [-0.2, -0.15) is 0 Å². The zero-order chi connectivity index (χ0) is 12.1. The maximum absolute atomic E-state index is 9.67. The molecule has 0 saturated heterocycles. The minimum absolute atomic E-state index is 0.442. The molecule has 0 saturated carbocycles. The molecule has 0 aliphatic heterocycles. The predicted molar refractivity (Wildman–Crippen MR) is 68.5 cm³/mol. The van der Waals surface area contributed by atoms with Gasteiger partial charge in [0.1, 0.15) is 0 Å². The normalized spacial score (nSPS) is 11.8. The fourth-order valence-corrected chi connectivity index (χ4v) is 1.82. The third kappa shape index (κ3) is 2.39. The van der Waals surface area contributed by atoms with E-state index in [0.717, 1.165) is 22.0 Å². The van der Waals surface area contributed by atoms with Gasteiger partial charge < -0.3 is 5.11 Å². The van der Waals surface area contributed by atoms with Crippen molar-refractivity contribution in [1.82, 2.24) is 4.98 Å². The van der Waals surface area contributed by atoms with Crippen molar-refractivity contribution in [3.63, 3.8) is 0 Å². The summed E-state index contributed by atoms with van der Waals surface area (Å²) in [5.41, 5.74) is 2.96. The third-order valence-corrected chi connectivity index (χ3v) is 2.43. The van der Waals surface area contributed by atoms with Crippen LogP contribution in [0.2, 0.25) is 0 Å². The predicted octanol–water partition coefficient (Wildman–Crippen LogP) is 3.62. The van der Waals surface area contributed by atoms with Gasteiger partial charge >= 0.3 is 0 Å². The SMILES string of the molecule is CC.Cc1cnc2ccccc2c1C(C)O. The standard InChI is InChI=1S/C12H13NO.C2H6/c1-8-7-13-11-6-4-3-5-10(11)12(8)9(2)14;1-2/h3-7,9,14H,1-2H3;1-2H3. The van der Waals surface area contributed by atoms with Crippen LogP contribution in [0.4, 0.5) is 0 Å². The molecule has 1 heterocycles. The highest BCUT2D eigenvalue weighted by molar-refractivity contribution is 5.83. The number of hydrogen-bond donors (Lipinski definition) is 1. The molecule has 1 aromatic heterocycles. The van der Waals surface area contributed by atoms with Gasteiger partial charge in [0.05, 0.1) is 11.6 Å². The average molecular weight is 217 g/mol. The fourth-order valence-electron chi connectivity index (χ4n) is 1.82. The summed E-state index contributed by atoms with van der Waals surface area (Å²) < 4.78 is 0. The van der Waals surface area contributed by atoms with Crippen LogP contribution in [0, 0.1) is 6.92 Å². The van der Waals surface area contributed by atoms with Crippen molar-refractivity contribution in [3.05, 3.63) is 41.6 Å². The first-order valence-corrected chi connectivity index (χ1v) is 5.72. The fraction of sp³-hybridized carbons (Fsp3) is 0.357. The van der Waals surface area contributed by atoms with Gasteiger partial charge in [-0.15, -0.1) is 0 Å². The summed E-state index contributed by atoms with van der Waals surface area (Å²) in [6.07, 6.45) is 1.37. The minimum Gasteiger partial charge on any atom is -0.389 e. The van der Waals surface area contributed by atoms with Crippen LogP contribution in [-0.4, -0.2) is 10.1 Å². The first kappa shape index (κ1) is 12.7. The van der Waals surface area contributed by atoms with Crippen LogP contribution in [-0.2, 0) is 0 Å². The Hall–Kier alpha value is -1.41. The first-order chi connectivity index (χ1) is 7.70. The molecule has 2 nitrogen and oxygen atoms in total. The molecule has 2 heteroatoms. The monoisotopic (exact) mass is 217 g/mol. The lowest BCUT2D eigenvalue weighted by atomic mass is 10.0. The van der Waals surface area contributed by atoms with E-state index in [-0.39, 0.29) is 0 Å². The van der Waals surface area contributed by atoms with Gasteiger partial charge in [0.25, 0.3) is 0 Å². The van der Waals surface area contributed by atoms with Crippen molar-refractivity contribution in [3.8, 4) is 0 Å². The van der Waals surface area contributed by atoms with E-state index in [1.165, 1.54) is 0 Å². The molecule has 0 spiro atoms. The van der Waals surface area contributed by atoms with E-state index in [1.54, 1.807) is 6.92 Å². The molecule has 1 N–H and O–H groups in total. The third-order valence-electron chi connectivity index (χ3n) is 2.43. The Balaban J connectivity index is 0.000000606. The Morgan fingerprint density at radius 3 is 2.44 bits per heavy atom. The van der Waals surface area contributed by atoms with Crippen molar-refractivity contribution in [2.75, 3.05) is 0 Å². The number of rotatable bonds is 1. The Kier molecular flexibility index (Phi) is 4.44. The van der Waals surface area contributed by atoms with Gasteiger partial charge in [-0.3, -0.25) is 4.98 Å². The lowest BCUT2D eigenvalue weighted by Crippen LogP contribution is -1.97. The molecule has 86 valence electrons. The van der Waals surface area contributed by atoms with Gasteiger partial charge in [-0.1, -0.05) is 32.0 Å². The van der Waals surface area contributed by atoms with Crippen LogP contribution < -0.4 is 0 Å². The Bertz CT molecular complexity index is 463. The number of aryl methyl sites for hydroxylation is 1. The average Bonchev–Trinajstić information content (AvgIpc) is 2.31. The lowest BCUT2D eigenvalue weighted by molar-refractivity contribution is 0.200. The van der Waals surface area contributed by atoms with Gasteiger partial charge in [-0.25, -0.2) is 0 Å². The van der Waals surface area contributed by atoms with E-state index in [1.807, 2.05) is 51.2 Å². The molecule has 0 bridgehead atoms. The molecular formula is C14H19NO. The van der Waals surface area contributed by atoms with Gasteiger partial charge in [0, 0.05) is 11.6 Å². The lowest BCUT2D eigenvalue weighted by Gasteiger charge is -2.11. The largest absolute Gasteiger partial charge is 0.389 e. The van der Waals surface area contributed by atoms with Gasteiger partial charge in [0.2, 0.25) is 0 Å². The van der Waals surface area contributed by atoms with Crippen molar-refractivity contribution >= 4 is 10.9 Å². The molecule has 2 aromatic rings. The summed E-state index contributed by atoms with van der Waals surface area (Å²) in [7, 11) is 0. The van der Waals surface area contributed by atoms with Crippen LogP contribution in [0.3, 0.4) is 0 Å². The topological polar surface area (TPSA) is 33.1 Å². The second-order valence-electron chi connectivity index (χ2n) is 3.55. The number of para-hydroxylation sites is 1. The second kappa shape index (κ2) is 5.61. The van der Waals surface area contributed by atoms with Crippen LogP contribution in [0.15, 0.2) is 30.5 Å². The van der Waals surface area contributed by atoms with Crippen LogP contribution in [0.25, 0.3) is 10.9 Å². The molecule has 1 atom stereocenters. The number of pyridine rings is 1. The van der Waals surface area contributed by atoms with Gasteiger partial charge in [0.15, 0.2) is 0 Å². The number of hydrogen-bond acceptors (Lipinski definition) is 2. The Labute approximate surface area is 97.0 Å². The minimum atomic E-state index is -0.442. The molecule has 0 amide bonds. The molecular weight excluding hydrogens is 198 g/mol. The summed E-state index contributed by atoms with van der Waals surface area (Å²) in [5, 5.41) is 10.7. The van der Waals surface area contributed by atoms with Crippen LogP contribution in [0.5, 0.6) is 0 Å². The summed E-state index contributed by atoms with van der Waals surface area (Å²) in [6, 6.07) is 7.88. The molecule has 0 fully saturated rings. The quantitative estimate of drug-likeness (QED) is 0.791. The second-order valence-corrected chi connectivity index (χ2v) is 3.55. The van der Waals surface area contributed by atoms with E-state index in [4.69, 9.17) is 0 Å². The molecule has 1 unspecified atom stereocenters. The zero-order valence-corrected chi connectivity index (χ0v) is 10.4. The smallest absolute Gasteiger partial charge is 0.0771 e. The van der Waals surface area contributed by atoms with Gasteiger partial charge in [-0.05, 0) is 31.0 Å². The summed E-state index contributed by atoms with van der Waals surface area (Å²) >= 11 is 0. The number of benzene rings is 1. The zero-order valence-electron chi connectivity index (χ0n) is 10.4. The van der Waals surface area contributed by atoms with E-state index in [2.05, 4.69) is 4.98 Å². The summed E-state index contributed by atoms with van der Waals surface area (Å²) in [5.74, 6) is 0. The highest BCUT2D eigenvalue weighted by Gasteiger charge is 2.09. The van der Waals surface area contributed by atoms with Crippen LogP contribution in [0.1, 0.15) is 38.0 Å². The van der Waals surface area contributed by atoms with E-state index < -0.39 is 6.10 Å². The van der Waals surface area contributed by atoms with E-state index in [0.29, 0.717) is 0 Å². The summed E-state index contributed by atoms with van der Waals surface area (Å²) in [4.78, 5) is 4.31. The molecule has 0 aliphatic rings. The van der Waals surface area contributed by atoms with Crippen LogP contribution >= 0.6 is 0 Å². The highest BCUT2D eigenvalue weighted by atomic mass is 16.3. The molecule has 0 aliphatic carbocycles. The maximum Gasteiger partial charge on any atom is 0.0771 e. The number of aromatic nitrogens is 1.